The maximum absolute atomic E-state index is 13.1. The topological polar surface area (TPSA) is 122 Å². The Kier molecular flexibility index (Phi) is 10.3. The van der Waals surface area contributed by atoms with Crippen LogP contribution in [0.5, 0.6) is 17.2 Å². The quantitative estimate of drug-likeness (QED) is 0.501. The summed E-state index contributed by atoms with van der Waals surface area (Å²) in [7, 11) is 1.38. The number of hydrogen-bond donors (Lipinski definition) is 1. The number of hydrogen-bond acceptors (Lipinski definition) is 9. The van der Waals surface area contributed by atoms with E-state index < -0.39 is 36.1 Å². The van der Waals surface area contributed by atoms with Crippen LogP contribution in [0, 0.1) is 0 Å². The zero-order valence-electron chi connectivity index (χ0n) is 21.6. The minimum atomic E-state index is -0.949. The van der Waals surface area contributed by atoms with E-state index >= 15 is 0 Å². The second kappa shape index (κ2) is 13.6. The van der Waals surface area contributed by atoms with E-state index in [0.29, 0.717) is 31.6 Å². The summed E-state index contributed by atoms with van der Waals surface area (Å²) in [6.07, 6.45) is 2.16. The highest BCUT2D eigenvalue weighted by molar-refractivity contribution is 5.98. The minimum Gasteiger partial charge on any atom is -0.493 e. The van der Waals surface area contributed by atoms with Gasteiger partial charge in [-0.25, -0.2) is 9.78 Å². The molecule has 0 spiro atoms. The average molecular weight is 515 g/mol. The summed E-state index contributed by atoms with van der Waals surface area (Å²) < 4.78 is 28.5. The SMILES string of the molecule is CCCOC1CCCC(NC(=O)c2nccc(OC)c2OC(C)=O)C(=O)OC(C)C1Oc1ccccc1. The lowest BCUT2D eigenvalue weighted by molar-refractivity contribution is -0.159. The van der Waals surface area contributed by atoms with Crippen LogP contribution in [0.15, 0.2) is 42.6 Å². The van der Waals surface area contributed by atoms with Gasteiger partial charge in [-0.2, -0.15) is 0 Å². The molecule has 0 bridgehead atoms. The molecule has 1 amide bonds. The molecule has 0 aliphatic carbocycles. The molecule has 4 unspecified atom stereocenters. The summed E-state index contributed by atoms with van der Waals surface area (Å²) in [5.74, 6) is -1.25. The smallest absolute Gasteiger partial charge is 0.329 e. The molecule has 10 nitrogen and oxygen atoms in total. The van der Waals surface area contributed by atoms with E-state index in [1.165, 1.54) is 26.3 Å². The van der Waals surface area contributed by atoms with Crippen molar-refractivity contribution in [1.29, 1.82) is 0 Å². The normalized spacial score (nSPS) is 22.0. The van der Waals surface area contributed by atoms with E-state index in [9.17, 15) is 14.4 Å². The van der Waals surface area contributed by atoms with Crippen molar-refractivity contribution in [3.63, 3.8) is 0 Å². The number of benzene rings is 1. The van der Waals surface area contributed by atoms with E-state index in [1.54, 1.807) is 6.92 Å². The lowest BCUT2D eigenvalue weighted by Gasteiger charge is -2.31. The first kappa shape index (κ1) is 27.9. The standard InChI is InChI=1S/C27H34N2O8/c1-5-16-34-22-13-9-12-20(27(32)35-17(2)24(22)37-19-10-7-6-8-11-19)29-26(31)23-25(36-18(3)30)21(33-4)14-15-28-23/h6-8,10-11,14-15,17,20,22,24H,5,9,12-13,16H2,1-4H3,(H,29,31). The van der Waals surface area contributed by atoms with Crippen molar-refractivity contribution >= 4 is 17.8 Å². The Bertz CT molecular complexity index is 1060. The number of methoxy groups -OCH3 is 1. The maximum atomic E-state index is 13.1. The van der Waals surface area contributed by atoms with Crippen LogP contribution in [0.4, 0.5) is 0 Å². The van der Waals surface area contributed by atoms with Gasteiger partial charge >= 0.3 is 11.9 Å². The molecule has 3 rings (SSSR count). The van der Waals surface area contributed by atoms with Gasteiger partial charge < -0.3 is 29.0 Å². The van der Waals surface area contributed by atoms with Crippen LogP contribution >= 0.6 is 0 Å². The molecule has 200 valence electrons. The number of rotatable bonds is 9. The number of para-hydroxylation sites is 1. The molecule has 1 aliphatic heterocycles. The van der Waals surface area contributed by atoms with Crippen molar-refractivity contribution in [1.82, 2.24) is 10.3 Å². The highest BCUT2D eigenvalue weighted by atomic mass is 16.6. The van der Waals surface area contributed by atoms with Gasteiger partial charge in [0.25, 0.3) is 5.91 Å². The molecule has 0 radical (unpaired) electrons. The lowest BCUT2D eigenvalue weighted by atomic mass is 10.0. The van der Waals surface area contributed by atoms with Crippen molar-refractivity contribution in [3.8, 4) is 17.2 Å². The molecule has 1 N–H and O–H groups in total. The van der Waals surface area contributed by atoms with Gasteiger partial charge in [-0.15, -0.1) is 0 Å². The van der Waals surface area contributed by atoms with E-state index in [-0.39, 0.29) is 23.3 Å². The highest BCUT2D eigenvalue weighted by Gasteiger charge is 2.37. The summed E-state index contributed by atoms with van der Waals surface area (Å²) in [5.41, 5.74) is -0.176. The van der Waals surface area contributed by atoms with Gasteiger partial charge in [-0.1, -0.05) is 25.1 Å². The molecule has 37 heavy (non-hydrogen) atoms. The van der Waals surface area contributed by atoms with Gasteiger partial charge in [0.1, 0.15) is 17.9 Å². The van der Waals surface area contributed by atoms with E-state index in [1.807, 2.05) is 37.3 Å². The fraction of sp³-hybridized carbons (Fsp3) is 0.481. The van der Waals surface area contributed by atoms with Gasteiger partial charge in [-0.3, -0.25) is 9.59 Å². The van der Waals surface area contributed by atoms with Gasteiger partial charge in [-0.05, 0) is 44.7 Å². The number of carbonyl (C=O) groups is 3. The first-order valence-corrected chi connectivity index (χ1v) is 12.4. The lowest BCUT2D eigenvalue weighted by Crippen LogP contribution is -2.46. The molecule has 1 saturated heterocycles. The van der Waals surface area contributed by atoms with E-state index in [0.717, 1.165) is 6.42 Å². The molecule has 1 aromatic carbocycles. The number of amides is 1. The fourth-order valence-electron chi connectivity index (χ4n) is 4.07. The van der Waals surface area contributed by atoms with Crippen molar-refractivity contribution in [3.05, 3.63) is 48.3 Å². The van der Waals surface area contributed by atoms with Crippen molar-refractivity contribution in [2.75, 3.05) is 13.7 Å². The third-order valence-corrected chi connectivity index (χ3v) is 5.80. The zero-order valence-corrected chi connectivity index (χ0v) is 21.6. The molecule has 2 aromatic rings. The van der Waals surface area contributed by atoms with Crippen LogP contribution in [0.3, 0.4) is 0 Å². The maximum Gasteiger partial charge on any atom is 0.329 e. The number of esters is 2. The predicted molar refractivity (Wildman–Crippen MR) is 134 cm³/mol. The second-order valence-corrected chi connectivity index (χ2v) is 8.69. The Hall–Kier alpha value is -3.66. The van der Waals surface area contributed by atoms with Gasteiger partial charge in [0.05, 0.1) is 13.2 Å². The van der Waals surface area contributed by atoms with Crippen LogP contribution in [0.2, 0.25) is 0 Å². The summed E-state index contributed by atoms with van der Waals surface area (Å²) in [4.78, 5) is 41.9. The van der Waals surface area contributed by atoms with Crippen LogP contribution in [-0.4, -0.2) is 60.9 Å². The summed E-state index contributed by atoms with van der Waals surface area (Å²) >= 11 is 0. The van der Waals surface area contributed by atoms with E-state index in [2.05, 4.69) is 10.3 Å². The van der Waals surface area contributed by atoms with Crippen LogP contribution < -0.4 is 19.5 Å². The third kappa shape index (κ3) is 7.66. The summed E-state index contributed by atoms with van der Waals surface area (Å²) in [6, 6.07) is 9.81. The Morgan fingerprint density at radius 1 is 1.16 bits per heavy atom. The van der Waals surface area contributed by atoms with Gasteiger partial charge in [0.2, 0.25) is 5.75 Å². The zero-order chi connectivity index (χ0) is 26.8. The molecule has 4 atom stereocenters. The Labute approximate surface area is 216 Å². The van der Waals surface area contributed by atoms with Crippen molar-refractivity contribution < 1.29 is 38.1 Å². The average Bonchev–Trinajstić information content (AvgIpc) is 2.93. The van der Waals surface area contributed by atoms with Crippen LogP contribution in [0.1, 0.15) is 56.9 Å². The second-order valence-electron chi connectivity index (χ2n) is 8.69. The molecule has 1 fully saturated rings. The van der Waals surface area contributed by atoms with Crippen molar-refractivity contribution in [2.45, 2.75) is 70.8 Å². The summed E-state index contributed by atoms with van der Waals surface area (Å²) in [6.45, 7) is 5.52. The van der Waals surface area contributed by atoms with Gasteiger partial charge in [0.15, 0.2) is 17.5 Å². The molecule has 0 saturated carbocycles. The number of nitrogens with zero attached hydrogens (tertiary/aromatic N) is 1. The molecular weight excluding hydrogens is 480 g/mol. The highest BCUT2D eigenvalue weighted by Crippen LogP contribution is 2.30. The molecule has 2 heterocycles. The number of ether oxygens (including phenoxy) is 5. The Balaban J connectivity index is 1.80. The largest absolute Gasteiger partial charge is 0.493 e. The number of pyridine rings is 1. The molecular formula is C27H34N2O8. The number of aromatic nitrogens is 1. The third-order valence-electron chi connectivity index (χ3n) is 5.80. The number of cyclic esters (lactones) is 1. The molecule has 10 heteroatoms. The van der Waals surface area contributed by atoms with Crippen LogP contribution in [0.25, 0.3) is 0 Å². The molecule has 1 aromatic heterocycles. The predicted octanol–water partition coefficient (Wildman–Crippen LogP) is 3.47. The van der Waals surface area contributed by atoms with E-state index in [4.69, 9.17) is 23.7 Å². The monoisotopic (exact) mass is 514 g/mol. The summed E-state index contributed by atoms with van der Waals surface area (Å²) in [5, 5.41) is 2.68. The fourth-order valence-corrected chi connectivity index (χ4v) is 4.07. The molecule has 1 aliphatic rings. The minimum absolute atomic E-state index is 0.121. The Morgan fingerprint density at radius 2 is 1.92 bits per heavy atom. The van der Waals surface area contributed by atoms with Crippen molar-refractivity contribution in [2.24, 2.45) is 0 Å². The van der Waals surface area contributed by atoms with Gasteiger partial charge in [0, 0.05) is 25.8 Å². The number of nitrogens with one attached hydrogen (secondary N) is 1. The number of carbonyl (C=O) groups excluding carboxylic acids is 3. The first-order chi connectivity index (χ1) is 17.8. The van der Waals surface area contributed by atoms with Crippen LogP contribution in [-0.2, 0) is 19.1 Å². The first-order valence-electron chi connectivity index (χ1n) is 12.4. The Morgan fingerprint density at radius 3 is 2.59 bits per heavy atom.